The van der Waals surface area contributed by atoms with E-state index in [0.29, 0.717) is 36.6 Å². The molecule has 174 valence electrons. The second-order valence-corrected chi connectivity index (χ2v) is 7.96. The van der Waals surface area contributed by atoms with E-state index in [1.807, 2.05) is 61.5 Å². The molecule has 0 bridgehead atoms. The van der Waals surface area contributed by atoms with Gasteiger partial charge in [-0.1, -0.05) is 42.5 Å². The minimum atomic E-state index is -0.707. The Morgan fingerprint density at radius 2 is 1.56 bits per heavy atom. The number of aliphatic hydroxyl groups is 1. The Bertz CT molecular complexity index is 1180. The number of methoxy groups -OCH3 is 1. The number of benzene rings is 3. The van der Waals surface area contributed by atoms with E-state index in [1.165, 1.54) is 0 Å². The average Bonchev–Trinajstić information content (AvgIpc) is 3.13. The van der Waals surface area contributed by atoms with Crippen molar-refractivity contribution < 1.29 is 24.2 Å². The van der Waals surface area contributed by atoms with Crippen LogP contribution in [0.15, 0.2) is 84.4 Å². The van der Waals surface area contributed by atoms with Crippen LogP contribution < -0.4 is 9.47 Å². The molecule has 1 aliphatic rings. The number of carbonyl (C=O) groups is 2. The summed E-state index contributed by atoms with van der Waals surface area (Å²) in [5.74, 6) is -0.196. The molecule has 1 fully saturated rings. The Kier molecular flexibility index (Phi) is 6.97. The van der Waals surface area contributed by atoms with Gasteiger partial charge in [0.05, 0.1) is 25.3 Å². The van der Waals surface area contributed by atoms with Gasteiger partial charge < -0.3 is 19.5 Å². The van der Waals surface area contributed by atoms with Gasteiger partial charge >= 0.3 is 0 Å². The Morgan fingerprint density at radius 1 is 0.912 bits per heavy atom. The summed E-state index contributed by atoms with van der Waals surface area (Å²) in [6.45, 7) is 2.78. The van der Waals surface area contributed by atoms with Crippen LogP contribution in [0.1, 0.15) is 29.7 Å². The highest BCUT2D eigenvalue weighted by Gasteiger charge is 2.45. The molecule has 1 aliphatic heterocycles. The smallest absolute Gasteiger partial charge is 0.295 e. The number of ketones is 1. The number of ether oxygens (including phenoxy) is 2. The largest absolute Gasteiger partial charge is 0.507 e. The van der Waals surface area contributed by atoms with E-state index in [1.54, 1.807) is 36.3 Å². The first-order chi connectivity index (χ1) is 16.5. The number of hydrogen-bond acceptors (Lipinski definition) is 5. The van der Waals surface area contributed by atoms with Gasteiger partial charge in [-0.05, 0) is 60.9 Å². The maximum atomic E-state index is 13.2. The van der Waals surface area contributed by atoms with Crippen molar-refractivity contribution in [3.05, 3.63) is 101 Å². The minimum absolute atomic E-state index is 0.0763. The number of carbonyl (C=O) groups excluding carboxylic acids is 2. The van der Waals surface area contributed by atoms with Gasteiger partial charge in [-0.3, -0.25) is 9.59 Å². The highest BCUT2D eigenvalue weighted by atomic mass is 16.5. The topological polar surface area (TPSA) is 76.1 Å². The molecule has 0 aliphatic carbocycles. The van der Waals surface area contributed by atoms with Crippen LogP contribution in [0.5, 0.6) is 11.5 Å². The maximum absolute atomic E-state index is 13.2. The lowest BCUT2D eigenvalue weighted by Gasteiger charge is -2.25. The fourth-order valence-corrected chi connectivity index (χ4v) is 4.17. The molecule has 0 aromatic heterocycles. The van der Waals surface area contributed by atoms with Crippen LogP contribution in [0.25, 0.3) is 5.76 Å². The molecule has 3 aromatic rings. The van der Waals surface area contributed by atoms with Crippen molar-refractivity contribution in [3.63, 3.8) is 0 Å². The summed E-state index contributed by atoms with van der Waals surface area (Å²) in [7, 11) is 1.55. The fraction of sp³-hybridized carbons (Fsp3) is 0.214. The Hall–Kier alpha value is -4.06. The number of nitrogens with zero attached hydrogens (tertiary/aromatic N) is 1. The van der Waals surface area contributed by atoms with Crippen LogP contribution >= 0.6 is 0 Å². The second kappa shape index (κ2) is 10.3. The number of Topliss-reactive ketones (excluding diaryl/α,β-unsaturated/α-hetero) is 1. The van der Waals surface area contributed by atoms with Crippen molar-refractivity contribution in [2.45, 2.75) is 19.4 Å². The number of hydrogen-bond donors (Lipinski definition) is 1. The summed E-state index contributed by atoms with van der Waals surface area (Å²) < 4.78 is 10.7. The van der Waals surface area contributed by atoms with Crippen LogP contribution in [0.3, 0.4) is 0 Å². The van der Waals surface area contributed by atoms with Crippen molar-refractivity contribution in [2.24, 2.45) is 0 Å². The molecule has 4 rings (SSSR count). The van der Waals surface area contributed by atoms with E-state index in [2.05, 4.69) is 0 Å². The quantitative estimate of drug-likeness (QED) is 0.300. The molecule has 1 saturated heterocycles. The molecular formula is C28H27NO5. The summed E-state index contributed by atoms with van der Waals surface area (Å²) >= 11 is 0. The van der Waals surface area contributed by atoms with E-state index < -0.39 is 17.7 Å². The number of likely N-dealkylation sites (tertiary alicyclic amines) is 1. The predicted molar refractivity (Wildman–Crippen MR) is 130 cm³/mol. The zero-order valence-electron chi connectivity index (χ0n) is 19.2. The van der Waals surface area contributed by atoms with Gasteiger partial charge in [0.1, 0.15) is 17.3 Å². The standard InChI is InChI=1S/C28H27NO5/c1-3-34-23-15-9-20(10-16-23)25-24(26(30)21-11-13-22(33-2)14-12-21)27(31)28(32)29(25)18-17-19-7-5-4-6-8-19/h4-16,25,30H,3,17-18H2,1-2H3/b26-24+. The molecule has 1 amide bonds. The number of amides is 1. The van der Waals surface area contributed by atoms with E-state index in [0.717, 1.165) is 11.1 Å². The van der Waals surface area contributed by atoms with Gasteiger partial charge in [0.2, 0.25) is 0 Å². The van der Waals surface area contributed by atoms with Crippen molar-refractivity contribution in [3.8, 4) is 11.5 Å². The third kappa shape index (κ3) is 4.66. The summed E-state index contributed by atoms with van der Waals surface area (Å²) in [5.41, 5.74) is 2.31. The molecule has 6 heteroatoms. The lowest BCUT2D eigenvalue weighted by atomic mass is 9.95. The third-order valence-electron chi connectivity index (χ3n) is 5.89. The zero-order chi connectivity index (χ0) is 24.1. The van der Waals surface area contributed by atoms with Gasteiger partial charge in [-0.25, -0.2) is 0 Å². The lowest BCUT2D eigenvalue weighted by Crippen LogP contribution is -2.31. The SMILES string of the molecule is CCOc1ccc(C2/C(=C(\O)c3ccc(OC)cc3)C(=O)C(=O)N2CCc2ccccc2)cc1. The van der Waals surface area contributed by atoms with Gasteiger partial charge in [0.15, 0.2) is 0 Å². The minimum Gasteiger partial charge on any atom is -0.507 e. The molecule has 1 atom stereocenters. The fourth-order valence-electron chi connectivity index (χ4n) is 4.17. The normalized spacial score (nSPS) is 17.1. The van der Waals surface area contributed by atoms with Crippen LogP contribution in [0.4, 0.5) is 0 Å². The van der Waals surface area contributed by atoms with E-state index in [-0.39, 0.29) is 11.3 Å². The average molecular weight is 458 g/mol. The third-order valence-corrected chi connectivity index (χ3v) is 5.89. The first-order valence-electron chi connectivity index (χ1n) is 11.2. The molecule has 1 unspecified atom stereocenters. The molecule has 0 spiro atoms. The highest BCUT2D eigenvalue weighted by Crippen LogP contribution is 2.40. The van der Waals surface area contributed by atoms with Crippen molar-refractivity contribution in [1.29, 1.82) is 0 Å². The van der Waals surface area contributed by atoms with Crippen LogP contribution in [0.2, 0.25) is 0 Å². The zero-order valence-corrected chi connectivity index (χ0v) is 19.2. The Morgan fingerprint density at radius 3 is 2.18 bits per heavy atom. The summed E-state index contributed by atoms with van der Waals surface area (Å²) in [5, 5.41) is 11.2. The second-order valence-electron chi connectivity index (χ2n) is 7.96. The van der Waals surface area contributed by atoms with Crippen LogP contribution in [0, 0.1) is 0 Å². The maximum Gasteiger partial charge on any atom is 0.295 e. The van der Waals surface area contributed by atoms with Gasteiger partial charge in [-0.15, -0.1) is 0 Å². The summed E-state index contributed by atoms with van der Waals surface area (Å²) in [6, 6.07) is 23.1. The first-order valence-corrected chi connectivity index (χ1v) is 11.2. The van der Waals surface area contributed by atoms with Crippen LogP contribution in [-0.2, 0) is 16.0 Å². The van der Waals surface area contributed by atoms with E-state index >= 15 is 0 Å². The lowest BCUT2D eigenvalue weighted by molar-refractivity contribution is -0.139. The molecule has 1 N–H and O–H groups in total. The first kappa shape index (κ1) is 23.1. The molecular weight excluding hydrogens is 430 g/mol. The Balaban J connectivity index is 1.76. The van der Waals surface area contributed by atoms with E-state index in [4.69, 9.17) is 9.47 Å². The van der Waals surface area contributed by atoms with Crippen molar-refractivity contribution in [1.82, 2.24) is 4.90 Å². The van der Waals surface area contributed by atoms with E-state index in [9.17, 15) is 14.7 Å². The molecule has 3 aromatic carbocycles. The predicted octanol–water partition coefficient (Wildman–Crippen LogP) is 4.76. The van der Waals surface area contributed by atoms with Gasteiger partial charge in [-0.2, -0.15) is 0 Å². The molecule has 34 heavy (non-hydrogen) atoms. The van der Waals surface area contributed by atoms with Gasteiger partial charge in [0.25, 0.3) is 11.7 Å². The molecule has 0 saturated carbocycles. The van der Waals surface area contributed by atoms with Gasteiger partial charge in [0, 0.05) is 12.1 Å². The number of rotatable bonds is 8. The van der Waals surface area contributed by atoms with Crippen molar-refractivity contribution >= 4 is 17.4 Å². The highest BCUT2D eigenvalue weighted by molar-refractivity contribution is 6.46. The molecule has 1 heterocycles. The Labute approximate surface area is 199 Å². The van der Waals surface area contributed by atoms with Crippen molar-refractivity contribution in [2.75, 3.05) is 20.3 Å². The number of aliphatic hydroxyl groups excluding tert-OH is 1. The molecule has 0 radical (unpaired) electrons. The summed E-state index contributed by atoms with van der Waals surface area (Å²) in [4.78, 5) is 27.8. The monoisotopic (exact) mass is 457 g/mol. The summed E-state index contributed by atoms with van der Waals surface area (Å²) in [6.07, 6.45) is 0.587. The van der Waals surface area contributed by atoms with Crippen LogP contribution in [-0.4, -0.2) is 42.0 Å². The molecule has 6 nitrogen and oxygen atoms in total.